The molecule has 120 valence electrons. The molecule has 1 fully saturated rings. The second-order valence-corrected chi connectivity index (χ2v) is 5.64. The van der Waals surface area contributed by atoms with Gasteiger partial charge in [0.2, 0.25) is 0 Å². The van der Waals surface area contributed by atoms with Gasteiger partial charge in [0.25, 0.3) is 0 Å². The van der Waals surface area contributed by atoms with Crippen molar-refractivity contribution in [2.24, 2.45) is 0 Å². The molecule has 23 heavy (non-hydrogen) atoms. The van der Waals surface area contributed by atoms with Gasteiger partial charge in [0.05, 0.1) is 13.2 Å². The summed E-state index contributed by atoms with van der Waals surface area (Å²) in [6.07, 6.45) is 5.02. The van der Waals surface area contributed by atoms with Crippen LogP contribution in [0.1, 0.15) is 24.5 Å². The highest BCUT2D eigenvalue weighted by Crippen LogP contribution is 2.31. The Balaban J connectivity index is 1.54. The van der Waals surface area contributed by atoms with Gasteiger partial charge in [0.15, 0.2) is 5.79 Å². The van der Waals surface area contributed by atoms with E-state index in [9.17, 15) is 0 Å². The third-order valence-electron chi connectivity index (χ3n) is 3.88. The largest absolute Gasteiger partial charge is 0.490 e. The first-order valence-electron chi connectivity index (χ1n) is 7.99. The molecule has 0 bridgehead atoms. The fourth-order valence-corrected chi connectivity index (χ4v) is 2.55. The smallest absolute Gasteiger partial charge is 0.191 e. The van der Waals surface area contributed by atoms with Crippen LogP contribution in [0.25, 0.3) is 6.08 Å². The van der Waals surface area contributed by atoms with Crippen molar-refractivity contribution in [3.63, 3.8) is 0 Å². The molecule has 3 heteroatoms. The summed E-state index contributed by atoms with van der Waals surface area (Å²) in [6.45, 7) is 3.97. The van der Waals surface area contributed by atoms with Gasteiger partial charge in [-0.25, -0.2) is 0 Å². The van der Waals surface area contributed by atoms with Gasteiger partial charge in [-0.3, -0.25) is 0 Å². The van der Waals surface area contributed by atoms with Gasteiger partial charge in [-0.1, -0.05) is 36.4 Å². The minimum atomic E-state index is -0.635. The zero-order valence-electron chi connectivity index (χ0n) is 13.4. The molecule has 0 aromatic heterocycles. The molecular formula is C20H22O3. The van der Waals surface area contributed by atoms with Crippen LogP contribution in [0, 0.1) is 0 Å². The molecule has 0 unspecified atom stereocenters. The number of ether oxygens (including phenoxy) is 3. The molecule has 1 saturated heterocycles. The molecule has 0 saturated carbocycles. The molecule has 1 aliphatic rings. The predicted molar refractivity (Wildman–Crippen MR) is 91.3 cm³/mol. The fourth-order valence-electron chi connectivity index (χ4n) is 2.55. The number of hydrogen-bond donors (Lipinski definition) is 0. The van der Waals surface area contributed by atoms with Crippen LogP contribution in [0.5, 0.6) is 5.75 Å². The summed E-state index contributed by atoms with van der Waals surface area (Å²) in [4.78, 5) is 0. The Labute approximate surface area is 137 Å². The van der Waals surface area contributed by atoms with E-state index < -0.39 is 5.79 Å². The van der Waals surface area contributed by atoms with Crippen LogP contribution < -0.4 is 4.74 Å². The van der Waals surface area contributed by atoms with Crippen LogP contribution >= 0.6 is 0 Å². The highest BCUT2D eigenvalue weighted by molar-refractivity contribution is 5.48. The van der Waals surface area contributed by atoms with Crippen molar-refractivity contribution >= 4 is 6.08 Å². The Hall–Kier alpha value is -2.10. The summed E-state index contributed by atoms with van der Waals surface area (Å²) in [7, 11) is 0. The molecule has 1 aliphatic heterocycles. The molecule has 0 amide bonds. The molecule has 0 spiro atoms. The number of benzene rings is 2. The molecule has 3 rings (SSSR count). The second-order valence-electron chi connectivity index (χ2n) is 5.64. The van der Waals surface area contributed by atoms with Gasteiger partial charge < -0.3 is 14.2 Å². The van der Waals surface area contributed by atoms with Crippen molar-refractivity contribution in [3.05, 3.63) is 71.8 Å². The molecule has 0 aliphatic carbocycles. The van der Waals surface area contributed by atoms with E-state index in [0.717, 1.165) is 30.9 Å². The maximum Gasteiger partial charge on any atom is 0.191 e. The Kier molecular flexibility index (Phi) is 5.11. The van der Waals surface area contributed by atoms with Gasteiger partial charge in [-0.15, -0.1) is 0 Å². The van der Waals surface area contributed by atoms with E-state index in [0.29, 0.717) is 6.61 Å². The minimum Gasteiger partial charge on any atom is -0.490 e. The third kappa shape index (κ3) is 4.21. The average molecular weight is 310 g/mol. The summed E-state index contributed by atoms with van der Waals surface area (Å²) >= 11 is 0. The fraction of sp³-hybridized carbons (Fsp3) is 0.300. The van der Waals surface area contributed by atoms with Crippen molar-refractivity contribution in [2.75, 3.05) is 19.8 Å². The molecule has 3 nitrogen and oxygen atoms in total. The SMILES string of the molecule is CC1(c2ccc(OCC=Cc3ccccc3)cc2)OCCCO1. The Morgan fingerprint density at radius 2 is 1.70 bits per heavy atom. The summed E-state index contributed by atoms with van der Waals surface area (Å²) in [5, 5.41) is 0. The van der Waals surface area contributed by atoms with E-state index in [4.69, 9.17) is 14.2 Å². The van der Waals surface area contributed by atoms with Crippen molar-refractivity contribution < 1.29 is 14.2 Å². The molecule has 0 radical (unpaired) electrons. The molecule has 2 aromatic carbocycles. The predicted octanol–water partition coefficient (Wildman–Crippen LogP) is 4.39. The molecule has 2 aromatic rings. The topological polar surface area (TPSA) is 27.7 Å². The Bertz CT molecular complexity index is 626. The monoisotopic (exact) mass is 310 g/mol. The van der Waals surface area contributed by atoms with Crippen LogP contribution in [0.4, 0.5) is 0 Å². The van der Waals surface area contributed by atoms with Crippen LogP contribution in [-0.2, 0) is 15.3 Å². The summed E-state index contributed by atoms with van der Waals surface area (Å²) < 4.78 is 17.3. The lowest BCUT2D eigenvalue weighted by atomic mass is 10.1. The van der Waals surface area contributed by atoms with E-state index in [1.54, 1.807) is 0 Å². The van der Waals surface area contributed by atoms with Gasteiger partial charge in [-0.05, 0) is 49.2 Å². The molecule has 0 N–H and O–H groups in total. The Morgan fingerprint density at radius 1 is 1.00 bits per heavy atom. The first-order valence-corrected chi connectivity index (χ1v) is 7.99. The van der Waals surface area contributed by atoms with Crippen LogP contribution in [0.2, 0.25) is 0 Å². The first-order chi connectivity index (χ1) is 11.3. The lowest BCUT2D eigenvalue weighted by Gasteiger charge is -2.34. The standard InChI is InChI=1S/C20H22O3/c1-20(22-15-6-16-23-20)18-10-12-19(13-11-18)21-14-5-9-17-7-3-2-4-8-17/h2-5,7-13H,6,14-16H2,1H3. The van der Waals surface area contributed by atoms with Crippen LogP contribution in [-0.4, -0.2) is 19.8 Å². The highest BCUT2D eigenvalue weighted by atomic mass is 16.7. The van der Waals surface area contributed by atoms with Crippen molar-refractivity contribution in [1.29, 1.82) is 0 Å². The molecule has 1 heterocycles. The summed E-state index contributed by atoms with van der Waals surface area (Å²) in [5.41, 5.74) is 2.19. The van der Waals surface area contributed by atoms with Crippen molar-refractivity contribution in [3.8, 4) is 5.75 Å². The summed E-state index contributed by atoms with van der Waals surface area (Å²) in [6, 6.07) is 18.1. The van der Waals surface area contributed by atoms with E-state index in [2.05, 4.69) is 18.2 Å². The van der Waals surface area contributed by atoms with Gasteiger partial charge in [0, 0.05) is 5.56 Å². The normalized spacial score (nSPS) is 17.3. The third-order valence-corrected chi connectivity index (χ3v) is 3.88. The van der Waals surface area contributed by atoms with Gasteiger partial charge >= 0.3 is 0 Å². The highest BCUT2D eigenvalue weighted by Gasteiger charge is 2.30. The van der Waals surface area contributed by atoms with Crippen molar-refractivity contribution in [1.82, 2.24) is 0 Å². The number of rotatable bonds is 5. The van der Waals surface area contributed by atoms with E-state index in [1.807, 2.05) is 55.5 Å². The van der Waals surface area contributed by atoms with Gasteiger partial charge in [0.1, 0.15) is 12.4 Å². The maximum atomic E-state index is 5.76. The van der Waals surface area contributed by atoms with Gasteiger partial charge in [-0.2, -0.15) is 0 Å². The quantitative estimate of drug-likeness (QED) is 0.820. The number of hydrogen-bond acceptors (Lipinski definition) is 3. The van der Waals surface area contributed by atoms with E-state index in [-0.39, 0.29) is 0 Å². The van der Waals surface area contributed by atoms with Crippen LogP contribution in [0.15, 0.2) is 60.7 Å². The molecular weight excluding hydrogens is 288 g/mol. The lowest BCUT2D eigenvalue weighted by molar-refractivity contribution is -0.264. The zero-order valence-corrected chi connectivity index (χ0v) is 13.4. The van der Waals surface area contributed by atoms with E-state index in [1.165, 1.54) is 5.56 Å². The van der Waals surface area contributed by atoms with Crippen molar-refractivity contribution in [2.45, 2.75) is 19.1 Å². The van der Waals surface area contributed by atoms with Crippen LogP contribution in [0.3, 0.4) is 0 Å². The minimum absolute atomic E-state index is 0.540. The average Bonchev–Trinajstić information content (AvgIpc) is 2.61. The zero-order chi connectivity index (χ0) is 16.0. The molecule has 0 atom stereocenters. The summed E-state index contributed by atoms with van der Waals surface area (Å²) in [5.74, 6) is 0.204. The second kappa shape index (κ2) is 7.44. The lowest BCUT2D eigenvalue weighted by Crippen LogP contribution is -2.34. The first kappa shape index (κ1) is 15.8. The Morgan fingerprint density at radius 3 is 2.39 bits per heavy atom. The van der Waals surface area contributed by atoms with E-state index >= 15 is 0 Å². The maximum absolute atomic E-state index is 5.76.